The Bertz CT molecular complexity index is 1370. The standard InChI is InChI=1S/C27H28N2O4S/c1-6-16(2)22(30)13-17-11-12-18-23(14-17)34-25(24(18)32-26(31)33-27(3,4)5)21-15-28-19-9-7-8-10-20(19)29-21/h7-12,14-16H,6,13H2,1-5H3. The van der Waals surface area contributed by atoms with Gasteiger partial charge in [0, 0.05) is 22.4 Å². The first-order valence-electron chi connectivity index (χ1n) is 11.4. The molecule has 0 amide bonds. The van der Waals surface area contributed by atoms with Gasteiger partial charge in [-0.1, -0.05) is 32.0 Å². The van der Waals surface area contributed by atoms with Crippen LogP contribution in [-0.2, 0) is 16.0 Å². The van der Waals surface area contributed by atoms with E-state index >= 15 is 0 Å². The Morgan fingerprint density at radius 3 is 2.53 bits per heavy atom. The van der Waals surface area contributed by atoms with E-state index in [0.29, 0.717) is 22.7 Å². The molecule has 0 bridgehead atoms. The van der Waals surface area contributed by atoms with Gasteiger partial charge in [-0.05, 0) is 57.0 Å². The highest BCUT2D eigenvalue weighted by molar-refractivity contribution is 7.22. The number of para-hydroxylation sites is 2. The summed E-state index contributed by atoms with van der Waals surface area (Å²) in [6.07, 6.45) is 2.09. The van der Waals surface area contributed by atoms with Crippen LogP contribution in [0.5, 0.6) is 5.75 Å². The molecule has 0 aliphatic heterocycles. The van der Waals surface area contributed by atoms with Crippen molar-refractivity contribution in [2.45, 2.75) is 53.1 Å². The summed E-state index contributed by atoms with van der Waals surface area (Å²) < 4.78 is 12.0. The maximum absolute atomic E-state index is 12.6. The second-order valence-corrected chi connectivity index (χ2v) is 10.4. The molecular formula is C27H28N2O4S. The highest BCUT2D eigenvalue weighted by Crippen LogP contribution is 2.44. The van der Waals surface area contributed by atoms with Gasteiger partial charge in [0.1, 0.15) is 17.1 Å². The Balaban J connectivity index is 1.79. The maximum Gasteiger partial charge on any atom is 0.514 e. The largest absolute Gasteiger partial charge is 0.514 e. The molecule has 2 aromatic heterocycles. The third-order valence-electron chi connectivity index (χ3n) is 5.51. The lowest BCUT2D eigenvalue weighted by Gasteiger charge is -2.18. The van der Waals surface area contributed by atoms with E-state index in [9.17, 15) is 9.59 Å². The molecule has 0 saturated heterocycles. The minimum atomic E-state index is -0.779. The molecule has 34 heavy (non-hydrogen) atoms. The minimum Gasteiger partial charge on any atom is -0.428 e. The lowest BCUT2D eigenvalue weighted by Crippen LogP contribution is -2.26. The highest BCUT2D eigenvalue weighted by atomic mass is 32.1. The van der Waals surface area contributed by atoms with Crippen molar-refractivity contribution in [2.75, 3.05) is 0 Å². The van der Waals surface area contributed by atoms with Crippen LogP contribution in [-0.4, -0.2) is 27.5 Å². The Morgan fingerprint density at radius 1 is 1.09 bits per heavy atom. The molecule has 1 atom stereocenters. The van der Waals surface area contributed by atoms with Crippen LogP contribution in [0.2, 0.25) is 0 Å². The van der Waals surface area contributed by atoms with Crippen LogP contribution >= 0.6 is 11.3 Å². The monoisotopic (exact) mass is 476 g/mol. The summed E-state index contributed by atoms with van der Waals surface area (Å²) in [6, 6.07) is 13.4. The first-order valence-corrected chi connectivity index (χ1v) is 12.2. The van der Waals surface area contributed by atoms with Crippen LogP contribution in [0.15, 0.2) is 48.7 Å². The number of rotatable bonds is 6. The molecule has 176 valence electrons. The molecule has 2 heterocycles. The second kappa shape index (κ2) is 9.50. The lowest BCUT2D eigenvalue weighted by molar-refractivity contribution is -0.121. The third-order valence-corrected chi connectivity index (χ3v) is 6.66. The number of ketones is 1. The van der Waals surface area contributed by atoms with Crippen LogP contribution in [0, 0.1) is 5.92 Å². The Kier molecular flexibility index (Phi) is 6.66. The van der Waals surface area contributed by atoms with Crippen LogP contribution in [0.1, 0.15) is 46.6 Å². The highest BCUT2D eigenvalue weighted by Gasteiger charge is 2.24. The fourth-order valence-electron chi connectivity index (χ4n) is 3.52. The van der Waals surface area contributed by atoms with Crippen LogP contribution in [0.4, 0.5) is 4.79 Å². The first kappa shape index (κ1) is 23.8. The predicted molar refractivity (Wildman–Crippen MR) is 135 cm³/mol. The van der Waals surface area contributed by atoms with E-state index in [1.807, 2.05) is 56.3 Å². The quantitative estimate of drug-likeness (QED) is 0.279. The third kappa shape index (κ3) is 5.25. The van der Waals surface area contributed by atoms with E-state index in [4.69, 9.17) is 14.5 Å². The number of carbonyl (C=O) groups excluding carboxylic acids is 2. The molecule has 4 rings (SSSR count). The fourth-order valence-corrected chi connectivity index (χ4v) is 4.67. The SMILES string of the molecule is CCC(C)C(=O)Cc1ccc2c(OC(=O)OC(C)(C)C)c(-c3cnc4ccccc4n3)sc2c1. The van der Waals surface area contributed by atoms with Gasteiger partial charge >= 0.3 is 6.16 Å². The van der Waals surface area contributed by atoms with Crippen LogP contribution in [0.3, 0.4) is 0 Å². The van der Waals surface area contributed by atoms with E-state index in [1.54, 1.807) is 27.0 Å². The van der Waals surface area contributed by atoms with Crippen molar-refractivity contribution < 1.29 is 19.1 Å². The number of hydrogen-bond donors (Lipinski definition) is 0. The van der Waals surface area contributed by atoms with Gasteiger partial charge in [0.05, 0.1) is 22.1 Å². The van der Waals surface area contributed by atoms with Gasteiger partial charge in [-0.3, -0.25) is 9.78 Å². The first-order chi connectivity index (χ1) is 16.1. The summed E-state index contributed by atoms with van der Waals surface area (Å²) in [4.78, 5) is 35.0. The van der Waals surface area contributed by atoms with Gasteiger partial charge in [0.25, 0.3) is 0 Å². The molecule has 2 aromatic carbocycles. The zero-order valence-corrected chi connectivity index (χ0v) is 20.9. The van der Waals surface area contributed by atoms with Crippen molar-refractivity contribution in [1.29, 1.82) is 0 Å². The number of nitrogens with zero attached hydrogens (tertiary/aromatic N) is 2. The van der Waals surface area contributed by atoms with Crippen molar-refractivity contribution in [3.8, 4) is 16.3 Å². The summed E-state index contributed by atoms with van der Waals surface area (Å²) >= 11 is 1.45. The molecule has 6 nitrogen and oxygen atoms in total. The average Bonchev–Trinajstić information content (AvgIpc) is 3.14. The summed E-state index contributed by atoms with van der Waals surface area (Å²) in [5.41, 5.74) is 2.39. The molecule has 0 spiro atoms. The Labute approximate surface area is 202 Å². The molecule has 0 fully saturated rings. The van der Waals surface area contributed by atoms with Gasteiger partial charge in [0.2, 0.25) is 0 Å². The van der Waals surface area contributed by atoms with E-state index in [2.05, 4.69) is 4.98 Å². The lowest BCUT2D eigenvalue weighted by atomic mass is 9.97. The smallest absolute Gasteiger partial charge is 0.428 e. The average molecular weight is 477 g/mol. The second-order valence-electron chi connectivity index (χ2n) is 9.35. The van der Waals surface area contributed by atoms with Crippen molar-refractivity contribution >= 4 is 44.4 Å². The number of hydrogen-bond acceptors (Lipinski definition) is 7. The van der Waals surface area contributed by atoms with Gasteiger partial charge in [-0.25, -0.2) is 9.78 Å². The minimum absolute atomic E-state index is 0.0218. The molecule has 0 radical (unpaired) electrons. The van der Waals surface area contributed by atoms with Crippen molar-refractivity contribution in [1.82, 2.24) is 9.97 Å². The van der Waals surface area contributed by atoms with Gasteiger partial charge < -0.3 is 9.47 Å². The zero-order chi connectivity index (χ0) is 24.5. The number of ether oxygens (including phenoxy) is 2. The molecule has 0 saturated carbocycles. The number of Topliss-reactive ketones (excluding diaryl/α,β-unsaturated/α-hetero) is 1. The van der Waals surface area contributed by atoms with E-state index in [0.717, 1.165) is 33.1 Å². The molecule has 0 N–H and O–H groups in total. The van der Waals surface area contributed by atoms with Crippen molar-refractivity contribution in [3.63, 3.8) is 0 Å². The molecule has 1 unspecified atom stereocenters. The number of thiophene rings is 1. The molecule has 0 aliphatic carbocycles. The summed E-state index contributed by atoms with van der Waals surface area (Å²) in [7, 11) is 0. The van der Waals surface area contributed by atoms with Crippen molar-refractivity contribution in [2.24, 2.45) is 5.92 Å². The van der Waals surface area contributed by atoms with Crippen molar-refractivity contribution in [3.05, 3.63) is 54.2 Å². The van der Waals surface area contributed by atoms with E-state index < -0.39 is 11.8 Å². The Morgan fingerprint density at radius 2 is 1.82 bits per heavy atom. The molecule has 0 aliphatic rings. The Hall–Kier alpha value is -3.32. The van der Waals surface area contributed by atoms with Gasteiger partial charge in [-0.2, -0.15) is 0 Å². The normalized spacial score (nSPS) is 12.6. The van der Waals surface area contributed by atoms with Crippen LogP contribution < -0.4 is 4.74 Å². The number of carbonyl (C=O) groups is 2. The predicted octanol–water partition coefficient (Wildman–Crippen LogP) is 6.98. The fraction of sp³-hybridized carbons (Fsp3) is 0.333. The number of fused-ring (bicyclic) bond motifs is 2. The molecule has 7 heteroatoms. The van der Waals surface area contributed by atoms with Gasteiger partial charge in [-0.15, -0.1) is 11.3 Å². The molecule has 4 aromatic rings. The summed E-state index contributed by atoms with van der Waals surface area (Å²) in [6.45, 7) is 9.33. The summed E-state index contributed by atoms with van der Waals surface area (Å²) in [5, 5.41) is 0.764. The van der Waals surface area contributed by atoms with E-state index in [1.165, 1.54) is 11.3 Å². The number of benzene rings is 2. The van der Waals surface area contributed by atoms with Crippen LogP contribution in [0.25, 0.3) is 31.7 Å². The number of aromatic nitrogens is 2. The van der Waals surface area contributed by atoms with E-state index in [-0.39, 0.29) is 11.7 Å². The summed E-state index contributed by atoms with van der Waals surface area (Å²) in [5.74, 6) is 0.622. The zero-order valence-electron chi connectivity index (χ0n) is 20.0. The van der Waals surface area contributed by atoms with Gasteiger partial charge in [0.15, 0.2) is 5.75 Å². The molecular weight excluding hydrogens is 448 g/mol. The topological polar surface area (TPSA) is 78.4 Å². The maximum atomic E-state index is 12.6.